The molecule has 1 aliphatic rings. The number of nitrogens with one attached hydrogen (secondary N) is 2. The van der Waals surface area contributed by atoms with Gasteiger partial charge >= 0.3 is 0 Å². The second kappa shape index (κ2) is 7.18. The Kier molecular flexibility index (Phi) is 5.00. The molecular weight excluding hydrogens is 368 g/mol. The summed E-state index contributed by atoms with van der Waals surface area (Å²) in [5.74, 6) is -0.677. The van der Waals surface area contributed by atoms with Gasteiger partial charge in [-0.25, -0.2) is 0 Å². The van der Waals surface area contributed by atoms with Crippen LogP contribution in [0.4, 0.5) is 11.4 Å². The maximum absolute atomic E-state index is 12.2. The van der Waals surface area contributed by atoms with Crippen molar-refractivity contribution in [3.8, 4) is 0 Å². The molecule has 0 aliphatic heterocycles. The van der Waals surface area contributed by atoms with Gasteiger partial charge in [0.25, 0.3) is 0 Å². The van der Waals surface area contributed by atoms with Gasteiger partial charge in [-0.3, -0.25) is 9.59 Å². The third-order valence-electron chi connectivity index (χ3n) is 4.21. The Bertz CT molecular complexity index is 741. The third-order valence-corrected chi connectivity index (χ3v) is 4.73. The van der Waals surface area contributed by atoms with Gasteiger partial charge in [-0.2, -0.15) is 0 Å². The summed E-state index contributed by atoms with van der Waals surface area (Å²) in [5.41, 5.74) is 2.74. The van der Waals surface area contributed by atoms with Crippen LogP contribution in [0.2, 0.25) is 0 Å². The second-order valence-electron chi connectivity index (χ2n) is 5.98. The second-order valence-corrected chi connectivity index (χ2v) is 6.90. The summed E-state index contributed by atoms with van der Waals surface area (Å²) >= 11 is 3.36. The number of hydrogen-bond donors (Lipinski definition) is 2. The molecule has 2 aromatic carbocycles. The van der Waals surface area contributed by atoms with E-state index in [9.17, 15) is 9.59 Å². The van der Waals surface area contributed by atoms with Crippen LogP contribution in [0.5, 0.6) is 0 Å². The summed E-state index contributed by atoms with van der Waals surface area (Å²) < 4.78 is 0.957. The molecule has 3 rings (SSSR count). The zero-order chi connectivity index (χ0) is 17.1. The smallest absolute Gasteiger partial charge is 0.228 e. The molecule has 5 heteroatoms. The number of rotatable bonds is 5. The number of amides is 2. The lowest BCUT2D eigenvalue weighted by Crippen LogP contribution is -2.20. The van der Waals surface area contributed by atoms with Crippen molar-refractivity contribution < 1.29 is 9.59 Å². The molecule has 1 saturated carbocycles. The van der Waals surface area contributed by atoms with E-state index in [1.54, 1.807) is 0 Å². The predicted octanol–water partition coefficient (Wildman–Crippen LogP) is 4.22. The molecule has 2 aromatic rings. The summed E-state index contributed by atoms with van der Waals surface area (Å²) in [6, 6.07) is 15.2. The van der Waals surface area contributed by atoms with E-state index >= 15 is 0 Å². The maximum Gasteiger partial charge on any atom is 0.228 e. The van der Waals surface area contributed by atoms with Gasteiger partial charge in [-0.15, -0.1) is 0 Å². The number of benzene rings is 2. The highest BCUT2D eigenvalue weighted by atomic mass is 79.9. The summed E-state index contributed by atoms with van der Waals surface area (Å²) in [6.45, 7) is 2.09. The average Bonchev–Trinajstić information content (AvgIpc) is 3.38. The van der Waals surface area contributed by atoms with Crippen molar-refractivity contribution >= 4 is 39.1 Å². The highest BCUT2D eigenvalue weighted by Gasteiger charge is 2.48. The van der Waals surface area contributed by atoms with Gasteiger partial charge < -0.3 is 10.6 Å². The zero-order valence-electron chi connectivity index (χ0n) is 13.4. The molecule has 0 bridgehead atoms. The first-order chi connectivity index (χ1) is 11.6. The summed E-state index contributed by atoms with van der Waals surface area (Å²) in [7, 11) is 0. The molecule has 2 N–H and O–H groups in total. The fraction of sp³-hybridized carbons (Fsp3) is 0.263. The third kappa shape index (κ3) is 4.03. The van der Waals surface area contributed by atoms with Crippen LogP contribution < -0.4 is 10.6 Å². The molecule has 24 heavy (non-hydrogen) atoms. The van der Waals surface area contributed by atoms with E-state index in [0.29, 0.717) is 6.42 Å². The SMILES string of the molecule is CCc1ccc(NC(=O)C2CC2C(=O)Nc2ccc(Br)cc2)cc1. The predicted molar refractivity (Wildman–Crippen MR) is 98.8 cm³/mol. The molecule has 2 amide bonds. The molecule has 0 aromatic heterocycles. The minimum atomic E-state index is -0.247. The highest BCUT2D eigenvalue weighted by molar-refractivity contribution is 9.10. The van der Waals surface area contributed by atoms with Crippen molar-refractivity contribution in [2.75, 3.05) is 10.6 Å². The van der Waals surface area contributed by atoms with Crippen molar-refractivity contribution in [1.82, 2.24) is 0 Å². The van der Waals surface area contributed by atoms with Crippen molar-refractivity contribution in [2.45, 2.75) is 19.8 Å². The number of anilines is 2. The normalized spacial score (nSPS) is 18.8. The van der Waals surface area contributed by atoms with Crippen molar-refractivity contribution in [3.63, 3.8) is 0 Å². The van der Waals surface area contributed by atoms with E-state index in [-0.39, 0.29) is 23.7 Å². The van der Waals surface area contributed by atoms with Crippen molar-refractivity contribution in [1.29, 1.82) is 0 Å². The number of carbonyl (C=O) groups excluding carboxylic acids is 2. The van der Waals surface area contributed by atoms with Crippen LogP contribution in [-0.2, 0) is 16.0 Å². The molecule has 124 valence electrons. The van der Waals surface area contributed by atoms with Crippen LogP contribution in [0.3, 0.4) is 0 Å². The van der Waals surface area contributed by atoms with Crippen LogP contribution >= 0.6 is 15.9 Å². The average molecular weight is 387 g/mol. The minimum Gasteiger partial charge on any atom is -0.326 e. The van der Waals surface area contributed by atoms with Gasteiger partial charge in [-0.1, -0.05) is 35.0 Å². The van der Waals surface area contributed by atoms with Gasteiger partial charge in [0.05, 0.1) is 11.8 Å². The molecule has 0 radical (unpaired) electrons. The number of halogens is 1. The summed E-state index contributed by atoms with van der Waals surface area (Å²) in [6.07, 6.45) is 1.57. The molecule has 1 fully saturated rings. The summed E-state index contributed by atoms with van der Waals surface area (Å²) in [5, 5.41) is 5.74. The lowest BCUT2D eigenvalue weighted by molar-refractivity contribution is -0.122. The Hall–Kier alpha value is -2.14. The first-order valence-corrected chi connectivity index (χ1v) is 8.82. The highest BCUT2D eigenvalue weighted by Crippen LogP contribution is 2.40. The Morgan fingerprint density at radius 1 is 0.917 bits per heavy atom. The Morgan fingerprint density at radius 3 is 1.83 bits per heavy atom. The Labute approximate surface area is 149 Å². The van der Waals surface area contributed by atoms with E-state index in [0.717, 1.165) is 22.3 Å². The number of aryl methyl sites for hydroxylation is 1. The topological polar surface area (TPSA) is 58.2 Å². The molecule has 2 atom stereocenters. The van der Waals surface area contributed by atoms with E-state index < -0.39 is 0 Å². The molecule has 4 nitrogen and oxygen atoms in total. The summed E-state index contributed by atoms with van der Waals surface area (Å²) in [4.78, 5) is 24.5. The largest absolute Gasteiger partial charge is 0.326 e. The van der Waals surface area contributed by atoms with Gasteiger partial charge in [-0.05, 0) is 54.8 Å². The standard InChI is InChI=1S/C19H19BrN2O2/c1-2-12-3-7-14(8-4-12)21-18(23)16-11-17(16)19(24)22-15-9-5-13(20)6-10-15/h3-10,16-17H,2,11H2,1H3,(H,21,23)(H,22,24). The van der Waals surface area contributed by atoms with Crippen LogP contribution in [0, 0.1) is 11.8 Å². The number of hydrogen-bond acceptors (Lipinski definition) is 2. The van der Waals surface area contributed by atoms with Crippen LogP contribution in [0.15, 0.2) is 53.0 Å². The van der Waals surface area contributed by atoms with E-state index in [2.05, 4.69) is 33.5 Å². The van der Waals surface area contributed by atoms with Gasteiger partial charge in [0.1, 0.15) is 0 Å². The first kappa shape index (κ1) is 16.7. The van der Waals surface area contributed by atoms with Gasteiger partial charge in [0, 0.05) is 15.8 Å². The molecule has 1 aliphatic carbocycles. The fourth-order valence-electron chi connectivity index (χ4n) is 2.60. The van der Waals surface area contributed by atoms with Crippen LogP contribution in [0.25, 0.3) is 0 Å². The number of carbonyl (C=O) groups is 2. The van der Waals surface area contributed by atoms with E-state index in [4.69, 9.17) is 0 Å². The van der Waals surface area contributed by atoms with Crippen molar-refractivity contribution in [2.24, 2.45) is 11.8 Å². The quantitative estimate of drug-likeness (QED) is 0.807. The zero-order valence-corrected chi connectivity index (χ0v) is 15.0. The van der Waals surface area contributed by atoms with E-state index in [1.807, 2.05) is 48.5 Å². The van der Waals surface area contributed by atoms with Gasteiger partial charge in [0.2, 0.25) is 11.8 Å². The lowest BCUT2D eigenvalue weighted by Gasteiger charge is -2.07. The monoisotopic (exact) mass is 386 g/mol. The molecule has 0 spiro atoms. The Morgan fingerprint density at radius 2 is 1.38 bits per heavy atom. The lowest BCUT2D eigenvalue weighted by atomic mass is 10.1. The molecular formula is C19H19BrN2O2. The van der Waals surface area contributed by atoms with Crippen LogP contribution in [-0.4, -0.2) is 11.8 Å². The van der Waals surface area contributed by atoms with Crippen LogP contribution in [0.1, 0.15) is 18.9 Å². The fourth-order valence-corrected chi connectivity index (χ4v) is 2.87. The molecule has 0 saturated heterocycles. The Balaban J connectivity index is 1.52. The van der Waals surface area contributed by atoms with Crippen molar-refractivity contribution in [3.05, 3.63) is 58.6 Å². The van der Waals surface area contributed by atoms with E-state index in [1.165, 1.54) is 5.56 Å². The molecule has 0 heterocycles. The maximum atomic E-state index is 12.2. The first-order valence-electron chi connectivity index (χ1n) is 8.03. The van der Waals surface area contributed by atoms with Gasteiger partial charge in [0.15, 0.2) is 0 Å². The minimum absolute atomic E-state index is 0.0878. The molecule has 2 unspecified atom stereocenters.